The molecule has 2 aliphatic carbocycles. The number of benzene rings is 3. The Morgan fingerprint density at radius 2 is 1.75 bits per heavy atom. The van der Waals surface area contributed by atoms with E-state index in [-0.39, 0.29) is 11.0 Å². The van der Waals surface area contributed by atoms with Gasteiger partial charge in [-0.05, 0) is 71.2 Å². The number of nitrogens with zero attached hydrogens (tertiary/aromatic N) is 3. The molecule has 0 saturated heterocycles. The maximum atomic E-state index is 9.37. The van der Waals surface area contributed by atoms with Crippen LogP contribution >= 0.6 is 0 Å². The summed E-state index contributed by atoms with van der Waals surface area (Å²) in [5.41, 5.74) is 14.7. The van der Waals surface area contributed by atoms with Crippen LogP contribution in [0.4, 0.5) is 0 Å². The summed E-state index contributed by atoms with van der Waals surface area (Å²) in [6.45, 7) is 0.866. The van der Waals surface area contributed by atoms with Gasteiger partial charge in [0.2, 0.25) is 0 Å². The van der Waals surface area contributed by atoms with Crippen LogP contribution in [-0.4, -0.2) is 30.0 Å². The summed E-state index contributed by atoms with van der Waals surface area (Å²) in [6, 6.07) is 25.9. The van der Waals surface area contributed by atoms with Crippen molar-refractivity contribution in [3.63, 3.8) is 0 Å². The molecule has 0 spiro atoms. The summed E-state index contributed by atoms with van der Waals surface area (Å²) in [5.74, 6) is 0.654. The predicted octanol–water partition coefficient (Wildman–Crippen LogP) is 4.21. The fraction of sp³-hybridized carbons (Fsp3) is 0.286. The Bertz CT molecular complexity index is 1320. The minimum Gasteiger partial charge on any atom is -0.370 e. The molecule has 3 aromatic rings. The standard InChI is InChI=1S/C28H26N4/c1-32-18-27-15-23-7-3-2-6-20(23)11-12-28(27,31-26(32)30)16-24-10-9-22(14-25(24)27)21-8-4-5-19(13-21)17-29/h2-10,13-14H,11-12,15-16,18H2,1H3,(H2,30,31). The van der Waals surface area contributed by atoms with Gasteiger partial charge in [0.15, 0.2) is 5.96 Å². The number of aryl methyl sites for hydroxylation is 1. The van der Waals surface area contributed by atoms with Crippen molar-refractivity contribution in [2.24, 2.45) is 10.7 Å². The zero-order chi connectivity index (χ0) is 21.9. The van der Waals surface area contributed by atoms with Gasteiger partial charge in [0.1, 0.15) is 0 Å². The highest BCUT2D eigenvalue weighted by atomic mass is 15.3. The molecule has 0 fully saturated rings. The number of nitrogens with two attached hydrogens (primary N) is 1. The number of guanidine groups is 1. The Kier molecular flexibility index (Phi) is 4.01. The normalized spacial score (nSPS) is 25.5. The molecular weight excluding hydrogens is 392 g/mol. The molecule has 2 atom stereocenters. The second kappa shape index (κ2) is 6.71. The van der Waals surface area contributed by atoms with E-state index in [1.54, 1.807) is 0 Å². The average molecular weight is 419 g/mol. The van der Waals surface area contributed by atoms with Crippen LogP contribution < -0.4 is 5.73 Å². The molecule has 2 N–H and O–H groups in total. The number of hydrogen-bond donors (Lipinski definition) is 1. The van der Waals surface area contributed by atoms with Gasteiger partial charge in [0.05, 0.1) is 17.2 Å². The molecule has 4 nitrogen and oxygen atoms in total. The molecule has 1 heterocycles. The molecule has 0 aromatic heterocycles. The minimum atomic E-state index is -0.210. The number of rotatable bonds is 1. The molecule has 4 heteroatoms. The van der Waals surface area contributed by atoms with Crippen LogP contribution in [0.15, 0.2) is 71.7 Å². The zero-order valence-corrected chi connectivity index (χ0v) is 18.3. The molecule has 6 rings (SSSR count). The Morgan fingerprint density at radius 3 is 2.59 bits per heavy atom. The summed E-state index contributed by atoms with van der Waals surface area (Å²) in [6.07, 6.45) is 3.94. The molecular formula is C28H26N4. The lowest BCUT2D eigenvalue weighted by Gasteiger charge is -2.49. The van der Waals surface area contributed by atoms with E-state index in [1.165, 1.54) is 22.3 Å². The summed E-state index contributed by atoms with van der Waals surface area (Å²) >= 11 is 0. The van der Waals surface area contributed by atoms with Gasteiger partial charge in [0.25, 0.3) is 0 Å². The second-order valence-corrected chi connectivity index (χ2v) is 9.63. The minimum absolute atomic E-state index is 0.116. The Balaban J connectivity index is 1.57. The van der Waals surface area contributed by atoms with Crippen molar-refractivity contribution >= 4 is 5.96 Å². The van der Waals surface area contributed by atoms with Crippen molar-refractivity contribution < 1.29 is 0 Å². The van der Waals surface area contributed by atoms with Crippen LogP contribution in [0.25, 0.3) is 11.1 Å². The van der Waals surface area contributed by atoms with E-state index in [0.717, 1.165) is 43.4 Å². The third-order valence-electron chi connectivity index (χ3n) is 7.97. The lowest BCUT2D eigenvalue weighted by molar-refractivity contribution is 0.169. The van der Waals surface area contributed by atoms with Crippen LogP contribution in [0.5, 0.6) is 0 Å². The van der Waals surface area contributed by atoms with Gasteiger partial charge >= 0.3 is 0 Å². The first-order valence-electron chi connectivity index (χ1n) is 11.3. The third-order valence-corrected chi connectivity index (χ3v) is 7.97. The molecule has 1 aliphatic heterocycles. The molecule has 0 bridgehead atoms. The number of aliphatic imine (C=N–C) groups is 1. The van der Waals surface area contributed by atoms with E-state index in [4.69, 9.17) is 10.7 Å². The molecule has 0 radical (unpaired) electrons. The van der Waals surface area contributed by atoms with E-state index in [2.05, 4.69) is 66.5 Å². The lowest BCUT2D eigenvalue weighted by Crippen LogP contribution is -2.61. The third kappa shape index (κ3) is 2.58. The highest BCUT2D eigenvalue weighted by Crippen LogP contribution is 2.56. The van der Waals surface area contributed by atoms with Crippen LogP contribution in [0.1, 0.15) is 34.2 Å². The molecule has 3 aliphatic rings. The number of hydrogen-bond acceptors (Lipinski definition) is 4. The van der Waals surface area contributed by atoms with E-state index in [0.29, 0.717) is 11.5 Å². The van der Waals surface area contributed by atoms with Gasteiger partial charge in [-0.1, -0.05) is 54.6 Å². The van der Waals surface area contributed by atoms with E-state index < -0.39 is 0 Å². The quantitative estimate of drug-likeness (QED) is 0.644. The molecule has 32 heavy (non-hydrogen) atoms. The number of nitriles is 1. The first-order chi connectivity index (χ1) is 15.5. The predicted molar refractivity (Wildman–Crippen MR) is 127 cm³/mol. The van der Waals surface area contributed by atoms with Gasteiger partial charge in [-0.3, -0.25) is 0 Å². The summed E-state index contributed by atoms with van der Waals surface area (Å²) < 4.78 is 0. The van der Waals surface area contributed by atoms with Crippen LogP contribution in [0.3, 0.4) is 0 Å². The second-order valence-electron chi connectivity index (χ2n) is 9.63. The molecule has 0 saturated carbocycles. The maximum absolute atomic E-state index is 9.37. The highest BCUT2D eigenvalue weighted by Gasteiger charge is 2.61. The SMILES string of the molecule is CN1CC23Cc4ccccc4CCC2(Cc2ccc(-c4cccc(C#N)c4)cc23)N=C1N. The maximum Gasteiger partial charge on any atom is 0.191 e. The number of fused-ring (bicyclic) bond motifs is 2. The summed E-state index contributed by atoms with van der Waals surface area (Å²) in [7, 11) is 2.06. The Hall–Kier alpha value is -3.58. The van der Waals surface area contributed by atoms with E-state index in [1.807, 2.05) is 18.2 Å². The first kappa shape index (κ1) is 19.1. The van der Waals surface area contributed by atoms with Crippen LogP contribution in [0.2, 0.25) is 0 Å². The molecule has 2 unspecified atom stereocenters. The Labute approximate surface area is 189 Å². The highest BCUT2D eigenvalue weighted by molar-refractivity contribution is 5.81. The average Bonchev–Trinajstić information content (AvgIpc) is 2.98. The topological polar surface area (TPSA) is 65.4 Å². The molecule has 158 valence electrons. The van der Waals surface area contributed by atoms with Crippen molar-refractivity contribution in [2.45, 2.75) is 36.6 Å². The fourth-order valence-corrected chi connectivity index (χ4v) is 6.37. The number of likely N-dealkylation sites (N-methyl/N-ethyl adjacent to an activating group) is 1. The van der Waals surface area contributed by atoms with Crippen molar-refractivity contribution in [3.05, 3.63) is 94.5 Å². The van der Waals surface area contributed by atoms with Crippen LogP contribution in [-0.2, 0) is 24.7 Å². The Morgan fingerprint density at radius 1 is 0.938 bits per heavy atom. The fourth-order valence-electron chi connectivity index (χ4n) is 6.37. The van der Waals surface area contributed by atoms with Crippen molar-refractivity contribution in [3.8, 4) is 17.2 Å². The smallest absolute Gasteiger partial charge is 0.191 e. The van der Waals surface area contributed by atoms with Gasteiger partial charge in [-0.25, -0.2) is 4.99 Å². The van der Waals surface area contributed by atoms with Gasteiger partial charge in [-0.2, -0.15) is 5.26 Å². The van der Waals surface area contributed by atoms with E-state index >= 15 is 0 Å². The first-order valence-corrected chi connectivity index (χ1v) is 11.3. The molecule has 3 aromatic carbocycles. The monoisotopic (exact) mass is 418 g/mol. The van der Waals surface area contributed by atoms with Gasteiger partial charge in [-0.15, -0.1) is 0 Å². The zero-order valence-electron chi connectivity index (χ0n) is 18.3. The summed E-state index contributed by atoms with van der Waals surface area (Å²) in [5, 5.41) is 9.37. The lowest BCUT2D eigenvalue weighted by atomic mass is 9.64. The van der Waals surface area contributed by atoms with Gasteiger partial charge < -0.3 is 10.6 Å². The van der Waals surface area contributed by atoms with Crippen LogP contribution in [0, 0.1) is 11.3 Å². The largest absolute Gasteiger partial charge is 0.370 e. The van der Waals surface area contributed by atoms with Crippen molar-refractivity contribution in [1.29, 1.82) is 5.26 Å². The van der Waals surface area contributed by atoms with Gasteiger partial charge in [0, 0.05) is 19.0 Å². The van der Waals surface area contributed by atoms with Crippen molar-refractivity contribution in [2.75, 3.05) is 13.6 Å². The van der Waals surface area contributed by atoms with E-state index in [9.17, 15) is 5.26 Å². The summed E-state index contributed by atoms with van der Waals surface area (Å²) in [4.78, 5) is 7.36. The van der Waals surface area contributed by atoms with Crippen molar-refractivity contribution in [1.82, 2.24) is 4.90 Å². The molecule has 0 amide bonds.